The molecule has 3 aliphatic rings. The minimum absolute atomic E-state index is 0.0189. The molecule has 9 aromatic carbocycles. The predicted octanol–water partition coefficient (Wildman–Crippen LogP) is 16.5. The molecular formula is C65H54BN3O. The fourth-order valence-electron chi connectivity index (χ4n) is 12.5. The van der Waals surface area contributed by atoms with Gasteiger partial charge in [0.2, 0.25) is 0 Å². The van der Waals surface area contributed by atoms with Gasteiger partial charge in [-0.3, -0.25) is 0 Å². The number of hydrogen-bond acceptors (Lipinski definition) is 3. The van der Waals surface area contributed by atoms with Crippen molar-refractivity contribution in [3.8, 4) is 22.3 Å². The number of para-hydroxylation sites is 4. The van der Waals surface area contributed by atoms with E-state index in [-0.39, 0.29) is 23.1 Å². The quantitative estimate of drug-likeness (QED) is 0.165. The van der Waals surface area contributed by atoms with Gasteiger partial charge in [0.25, 0.3) is 0 Å². The number of rotatable bonds is 4. The fraction of sp³-hybridized carbons (Fsp3) is 0.169. The van der Waals surface area contributed by atoms with Gasteiger partial charge >= 0.3 is 6.85 Å². The molecule has 2 aromatic heterocycles. The van der Waals surface area contributed by atoms with Crippen molar-refractivity contribution >= 4 is 95.6 Å². The van der Waals surface area contributed by atoms with Crippen molar-refractivity contribution in [2.45, 2.75) is 71.6 Å². The average Bonchev–Trinajstić information content (AvgIpc) is 3.98. The zero-order valence-electron chi connectivity index (χ0n) is 41.1. The number of benzene rings is 9. The maximum absolute atomic E-state index is 7.05. The molecule has 0 saturated heterocycles. The lowest BCUT2D eigenvalue weighted by Gasteiger charge is -2.42. The Morgan fingerprint density at radius 2 is 1.16 bits per heavy atom. The Balaban J connectivity index is 1.18. The Morgan fingerprint density at radius 3 is 1.90 bits per heavy atom. The fourth-order valence-corrected chi connectivity index (χ4v) is 12.5. The molecule has 0 saturated carbocycles. The van der Waals surface area contributed by atoms with Crippen LogP contribution in [-0.4, -0.2) is 11.3 Å². The van der Waals surface area contributed by atoms with Gasteiger partial charge in [-0.2, -0.15) is 0 Å². The van der Waals surface area contributed by atoms with E-state index < -0.39 is 0 Å². The van der Waals surface area contributed by atoms with E-state index in [2.05, 4.69) is 252 Å². The van der Waals surface area contributed by atoms with Gasteiger partial charge in [-0.1, -0.05) is 159 Å². The van der Waals surface area contributed by atoms with Crippen LogP contribution < -0.4 is 20.7 Å². The Kier molecular flexibility index (Phi) is 8.35. The molecule has 0 radical (unpaired) electrons. The minimum Gasteiger partial charge on any atom is -0.454 e. The highest BCUT2D eigenvalue weighted by Gasteiger charge is 2.48. The molecule has 0 bridgehead atoms. The van der Waals surface area contributed by atoms with E-state index in [0.29, 0.717) is 0 Å². The average molecular weight is 904 g/mol. The Labute approximate surface area is 410 Å². The van der Waals surface area contributed by atoms with Gasteiger partial charge < -0.3 is 18.7 Å². The molecule has 0 unspecified atom stereocenters. The van der Waals surface area contributed by atoms with Crippen molar-refractivity contribution in [3.05, 3.63) is 204 Å². The number of aromatic nitrogens is 1. The number of hydrogen-bond donors (Lipinski definition) is 0. The highest BCUT2D eigenvalue weighted by molar-refractivity contribution is 6.90. The smallest absolute Gasteiger partial charge is 0.333 e. The van der Waals surface area contributed by atoms with Gasteiger partial charge in [0, 0.05) is 72.0 Å². The molecule has 0 spiro atoms. The van der Waals surface area contributed by atoms with Crippen LogP contribution in [0.15, 0.2) is 186 Å². The third kappa shape index (κ3) is 5.60. The number of fused-ring (bicyclic) bond motifs is 14. The maximum Gasteiger partial charge on any atom is 0.333 e. The van der Waals surface area contributed by atoms with E-state index in [4.69, 9.17) is 4.42 Å². The van der Waals surface area contributed by atoms with Gasteiger partial charge in [-0.15, -0.1) is 0 Å². The summed E-state index contributed by atoms with van der Waals surface area (Å²) in [6, 6.07) is 68.2. The second kappa shape index (κ2) is 14.2. The first-order chi connectivity index (χ1) is 33.8. The number of nitrogens with zero attached hydrogens (tertiary/aromatic N) is 3. The first kappa shape index (κ1) is 41.2. The van der Waals surface area contributed by atoms with Crippen molar-refractivity contribution in [2.75, 3.05) is 9.80 Å². The minimum atomic E-state index is -0.268. The van der Waals surface area contributed by atoms with Crippen LogP contribution in [0.25, 0.3) is 66.0 Å². The van der Waals surface area contributed by atoms with E-state index in [1.807, 2.05) is 0 Å². The molecule has 0 amide bonds. The second-order valence-electron chi connectivity index (χ2n) is 22.5. The van der Waals surface area contributed by atoms with Crippen LogP contribution in [-0.2, 0) is 16.2 Å². The van der Waals surface area contributed by atoms with Crippen molar-refractivity contribution in [2.24, 2.45) is 0 Å². The van der Waals surface area contributed by atoms with Crippen molar-refractivity contribution in [3.63, 3.8) is 0 Å². The van der Waals surface area contributed by atoms with E-state index in [1.165, 1.54) is 82.9 Å². The summed E-state index contributed by atoms with van der Waals surface area (Å²) in [5.74, 6) is 0. The molecule has 0 fully saturated rings. The van der Waals surface area contributed by atoms with Crippen molar-refractivity contribution in [1.82, 2.24) is 4.48 Å². The molecule has 11 aromatic rings. The highest BCUT2D eigenvalue weighted by atomic mass is 16.3. The van der Waals surface area contributed by atoms with E-state index >= 15 is 0 Å². The molecule has 14 rings (SSSR count). The Hall–Kier alpha value is -7.76. The SMILES string of the molecule is CC(C)(C)c1ccc2c(c1)c1cc(C(C)(C)C)cc3c1n2B1c2ccc(N(c4ccccc4)c4ccccc4)cc2N(c2cccc4c2oc2ccccc24)c2cc4c(c-3c21)-c1ccccc1C4(C)C. The first-order valence-electron chi connectivity index (χ1n) is 25.0. The molecule has 4 nitrogen and oxygen atoms in total. The number of anilines is 6. The van der Waals surface area contributed by atoms with Crippen molar-refractivity contribution < 1.29 is 4.42 Å². The predicted molar refractivity (Wildman–Crippen MR) is 297 cm³/mol. The largest absolute Gasteiger partial charge is 0.454 e. The summed E-state index contributed by atoms with van der Waals surface area (Å²) >= 11 is 0. The molecular weight excluding hydrogens is 850 g/mol. The summed E-state index contributed by atoms with van der Waals surface area (Å²) in [5.41, 5.74) is 24.0. The van der Waals surface area contributed by atoms with Crippen LogP contribution in [0.3, 0.4) is 0 Å². The van der Waals surface area contributed by atoms with Crippen LogP contribution in [0.4, 0.5) is 34.1 Å². The van der Waals surface area contributed by atoms with Gasteiger partial charge in [-0.25, -0.2) is 0 Å². The van der Waals surface area contributed by atoms with Crippen LogP contribution >= 0.6 is 0 Å². The molecule has 70 heavy (non-hydrogen) atoms. The second-order valence-corrected chi connectivity index (χ2v) is 22.5. The molecule has 2 aliphatic heterocycles. The summed E-state index contributed by atoms with van der Waals surface area (Å²) < 4.78 is 9.78. The monoisotopic (exact) mass is 903 g/mol. The van der Waals surface area contributed by atoms with Crippen molar-refractivity contribution in [1.29, 1.82) is 0 Å². The van der Waals surface area contributed by atoms with Crippen LogP contribution in [0.1, 0.15) is 77.6 Å². The highest BCUT2D eigenvalue weighted by Crippen LogP contribution is 2.58. The summed E-state index contributed by atoms with van der Waals surface area (Å²) in [4.78, 5) is 4.97. The first-order valence-corrected chi connectivity index (χ1v) is 25.0. The van der Waals surface area contributed by atoms with Crippen LogP contribution in [0.5, 0.6) is 0 Å². The van der Waals surface area contributed by atoms with Gasteiger partial charge in [0.05, 0.1) is 5.69 Å². The molecule has 5 heteroatoms. The third-order valence-electron chi connectivity index (χ3n) is 16.0. The van der Waals surface area contributed by atoms with Gasteiger partial charge in [0.15, 0.2) is 5.58 Å². The van der Waals surface area contributed by atoms with E-state index in [0.717, 1.165) is 50.4 Å². The number of furan rings is 1. The lowest BCUT2D eigenvalue weighted by Crippen LogP contribution is -2.57. The molecule has 4 heterocycles. The zero-order valence-corrected chi connectivity index (χ0v) is 41.1. The van der Waals surface area contributed by atoms with E-state index in [9.17, 15) is 0 Å². The Morgan fingerprint density at radius 1 is 0.486 bits per heavy atom. The van der Waals surface area contributed by atoms with Crippen LogP contribution in [0.2, 0.25) is 0 Å². The van der Waals surface area contributed by atoms with Gasteiger partial charge in [-0.05, 0) is 140 Å². The summed E-state index contributed by atoms with van der Waals surface area (Å²) in [5, 5.41) is 4.87. The third-order valence-corrected chi connectivity index (χ3v) is 16.0. The maximum atomic E-state index is 7.05. The normalized spacial score (nSPS) is 14.3. The van der Waals surface area contributed by atoms with Crippen LogP contribution in [0, 0.1) is 0 Å². The lowest BCUT2D eigenvalue weighted by molar-refractivity contribution is 0.590. The molecule has 0 atom stereocenters. The molecule has 338 valence electrons. The lowest BCUT2D eigenvalue weighted by atomic mass is 9.44. The Bertz CT molecular complexity index is 3970. The molecule has 0 N–H and O–H groups in total. The summed E-state index contributed by atoms with van der Waals surface area (Å²) in [7, 11) is 0. The topological polar surface area (TPSA) is 24.6 Å². The summed E-state index contributed by atoms with van der Waals surface area (Å²) in [6.07, 6.45) is 0. The standard InChI is InChI=1S/C65H54BN3O/c1-63(2,3)39-30-33-53-47(34-39)48-35-40(64(4,5)6)36-49-59-58-46-25-15-17-27-50(46)65(7,8)51(58)38-56-60(59)66(69(53)61(48)49)52-32-31-43(67(41-20-11-9-12-21-41)42-22-13-10-14-23-42)37-55(52)68(56)54-28-19-26-45-44-24-16-18-29-57(44)70-62(45)54/h9-38H,1-8H3. The zero-order chi connectivity index (χ0) is 47.6. The van der Waals surface area contributed by atoms with E-state index in [1.54, 1.807) is 0 Å². The van der Waals surface area contributed by atoms with Gasteiger partial charge in [0.1, 0.15) is 5.58 Å². The summed E-state index contributed by atoms with van der Waals surface area (Å²) in [6.45, 7) is 18.8. The molecule has 1 aliphatic carbocycles.